The van der Waals surface area contributed by atoms with Gasteiger partial charge >= 0.3 is 0 Å². The monoisotopic (exact) mass is 445 g/mol. The summed E-state index contributed by atoms with van der Waals surface area (Å²) in [5.41, 5.74) is 3.85. The minimum absolute atomic E-state index is 0.297. The molecule has 5 aromatic rings. The molecular weight excluding hydrogens is 426 g/mol. The largest absolute Gasteiger partial charge is 0.345 e. The Bertz CT molecular complexity index is 1590. The number of aromatic amines is 2. The number of thiazole rings is 1. The molecule has 3 N–H and O–H groups in total. The lowest BCUT2D eigenvalue weighted by Crippen LogP contribution is -2.15. The van der Waals surface area contributed by atoms with Gasteiger partial charge in [0.1, 0.15) is 5.65 Å². The first-order valence-electron chi connectivity index (χ1n) is 10.3. The summed E-state index contributed by atoms with van der Waals surface area (Å²) in [5, 5.41) is 7.35. The summed E-state index contributed by atoms with van der Waals surface area (Å²) in [6, 6.07) is 5.62. The van der Waals surface area contributed by atoms with E-state index in [0.29, 0.717) is 27.6 Å². The summed E-state index contributed by atoms with van der Waals surface area (Å²) in [4.78, 5) is 43.5. The van der Waals surface area contributed by atoms with Crippen molar-refractivity contribution in [2.75, 3.05) is 5.32 Å². The molecule has 0 radical (unpaired) electrons. The molecule has 0 saturated heterocycles. The van der Waals surface area contributed by atoms with E-state index < -0.39 is 0 Å². The maximum Gasteiger partial charge on any atom is 0.274 e. The van der Waals surface area contributed by atoms with Gasteiger partial charge in [-0.25, -0.2) is 15.0 Å². The normalized spacial score (nSPS) is 13.8. The maximum atomic E-state index is 13.3. The summed E-state index contributed by atoms with van der Waals surface area (Å²) in [6.07, 6.45) is 5.71. The van der Waals surface area contributed by atoms with E-state index in [1.807, 2.05) is 25.3 Å². The highest BCUT2D eigenvalue weighted by Crippen LogP contribution is 2.40. The van der Waals surface area contributed by atoms with Crippen LogP contribution in [0.4, 0.5) is 5.13 Å². The number of fused-ring (bicyclic) bond motifs is 2. The van der Waals surface area contributed by atoms with Crippen molar-refractivity contribution in [2.45, 2.75) is 25.7 Å². The lowest BCUT2D eigenvalue weighted by molar-refractivity contribution is 0.102. The van der Waals surface area contributed by atoms with Gasteiger partial charge in [-0.3, -0.25) is 24.7 Å². The zero-order valence-electron chi connectivity index (χ0n) is 17.4. The standard InChI is InChI=1S/C22H19N7O2S/c1-10-17(14-9-24-18-12(14)4-3-7-23-18)26-22(32-10)27-20(30)13-8-15(11-5-6-11)25-19-16(13)21(31)28-29(19)2/h3-4,7-9,11H,5-6H2,1-2H3,(H,23,24)(H,28,31)(H,26,27,30). The summed E-state index contributed by atoms with van der Waals surface area (Å²) in [5.74, 6) is -0.0166. The maximum absolute atomic E-state index is 13.3. The highest BCUT2D eigenvalue weighted by Gasteiger charge is 2.29. The van der Waals surface area contributed by atoms with Gasteiger partial charge in [-0.2, -0.15) is 0 Å². The van der Waals surface area contributed by atoms with Crippen LogP contribution < -0.4 is 10.9 Å². The van der Waals surface area contributed by atoms with Gasteiger partial charge in [0, 0.05) is 46.9 Å². The third-order valence-electron chi connectivity index (χ3n) is 5.80. The number of nitrogens with zero attached hydrogens (tertiary/aromatic N) is 4. The molecule has 5 aromatic heterocycles. The van der Waals surface area contributed by atoms with Crippen LogP contribution in [-0.2, 0) is 7.05 Å². The third kappa shape index (κ3) is 2.94. The van der Waals surface area contributed by atoms with E-state index in [4.69, 9.17) is 0 Å². The van der Waals surface area contributed by atoms with Crippen molar-refractivity contribution >= 4 is 44.4 Å². The minimum Gasteiger partial charge on any atom is -0.345 e. The lowest BCUT2D eigenvalue weighted by atomic mass is 10.1. The first kappa shape index (κ1) is 18.9. The van der Waals surface area contributed by atoms with Gasteiger partial charge in [0.05, 0.1) is 16.6 Å². The Balaban J connectivity index is 1.39. The van der Waals surface area contributed by atoms with Gasteiger partial charge < -0.3 is 4.98 Å². The molecule has 0 aromatic carbocycles. The number of carbonyl (C=O) groups is 1. The second-order valence-electron chi connectivity index (χ2n) is 8.05. The van der Waals surface area contributed by atoms with Gasteiger partial charge in [0.15, 0.2) is 10.8 Å². The number of nitrogens with one attached hydrogen (secondary N) is 3. The van der Waals surface area contributed by atoms with Crippen LogP contribution in [0.1, 0.15) is 39.7 Å². The van der Waals surface area contributed by atoms with Crippen LogP contribution in [0.15, 0.2) is 35.4 Å². The van der Waals surface area contributed by atoms with E-state index >= 15 is 0 Å². The number of carbonyl (C=O) groups excluding carboxylic acids is 1. The van der Waals surface area contributed by atoms with Crippen LogP contribution in [-0.4, -0.2) is 35.6 Å². The SMILES string of the molecule is Cc1sc(NC(=O)c2cc(C3CC3)nc3c2c(=O)[nH]n3C)nc1-c1c[nH]c2ncccc12. The zero-order valence-corrected chi connectivity index (χ0v) is 18.2. The van der Waals surface area contributed by atoms with Crippen molar-refractivity contribution < 1.29 is 4.79 Å². The molecule has 9 nitrogen and oxygen atoms in total. The zero-order chi connectivity index (χ0) is 22.0. The van der Waals surface area contributed by atoms with E-state index in [9.17, 15) is 9.59 Å². The number of aryl methyl sites for hydroxylation is 2. The molecule has 10 heteroatoms. The van der Waals surface area contributed by atoms with Crippen LogP contribution in [0.3, 0.4) is 0 Å². The molecule has 5 heterocycles. The fraction of sp³-hybridized carbons (Fsp3) is 0.227. The number of rotatable bonds is 4. The van der Waals surface area contributed by atoms with Gasteiger partial charge in [0.2, 0.25) is 0 Å². The first-order chi connectivity index (χ1) is 15.5. The van der Waals surface area contributed by atoms with Gasteiger partial charge in [0.25, 0.3) is 11.5 Å². The van der Waals surface area contributed by atoms with Crippen LogP contribution in [0.5, 0.6) is 0 Å². The number of pyridine rings is 2. The summed E-state index contributed by atoms with van der Waals surface area (Å²) in [6.45, 7) is 1.97. The van der Waals surface area contributed by atoms with Crippen molar-refractivity contribution in [3.05, 3.63) is 57.1 Å². The molecule has 0 aliphatic heterocycles. The molecule has 0 unspecified atom stereocenters. The average Bonchev–Trinajstić information content (AvgIpc) is 3.36. The predicted octanol–water partition coefficient (Wildman–Crippen LogP) is 3.70. The fourth-order valence-electron chi connectivity index (χ4n) is 4.06. The molecule has 0 bridgehead atoms. The van der Waals surface area contributed by atoms with Gasteiger partial charge in [-0.05, 0) is 38.0 Å². The summed E-state index contributed by atoms with van der Waals surface area (Å²) in [7, 11) is 1.72. The smallest absolute Gasteiger partial charge is 0.274 e. The first-order valence-corrected chi connectivity index (χ1v) is 11.1. The molecule has 6 rings (SSSR count). The fourth-order valence-corrected chi connectivity index (χ4v) is 4.89. The van der Waals surface area contributed by atoms with E-state index in [-0.39, 0.29) is 11.5 Å². The number of amides is 1. The van der Waals surface area contributed by atoms with E-state index in [1.54, 1.807) is 24.0 Å². The molecule has 1 aliphatic rings. The topological polar surface area (TPSA) is 121 Å². The number of aromatic nitrogens is 6. The van der Waals surface area contributed by atoms with E-state index in [2.05, 4.69) is 30.4 Å². The van der Waals surface area contributed by atoms with E-state index in [0.717, 1.165) is 45.7 Å². The van der Waals surface area contributed by atoms with Crippen LogP contribution >= 0.6 is 11.3 Å². The molecule has 0 spiro atoms. The molecule has 1 fully saturated rings. The third-order valence-corrected chi connectivity index (χ3v) is 6.68. The Labute approximate surface area is 185 Å². The average molecular weight is 446 g/mol. The Morgan fingerprint density at radius 1 is 1.31 bits per heavy atom. The second kappa shape index (κ2) is 6.86. The van der Waals surface area contributed by atoms with Crippen molar-refractivity contribution in [2.24, 2.45) is 7.05 Å². The lowest BCUT2D eigenvalue weighted by Gasteiger charge is -2.06. The Kier molecular flexibility index (Phi) is 4.06. The number of H-pyrrole nitrogens is 2. The highest BCUT2D eigenvalue weighted by molar-refractivity contribution is 7.16. The van der Waals surface area contributed by atoms with E-state index in [1.165, 1.54) is 11.3 Å². The van der Waals surface area contributed by atoms with Crippen molar-refractivity contribution in [1.29, 1.82) is 0 Å². The van der Waals surface area contributed by atoms with Crippen LogP contribution in [0.25, 0.3) is 33.3 Å². The predicted molar refractivity (Wildman–Crippen MR) is 123 cm³/mol. The summed E-state index contributed by atoms with van der Waals surface area (Å²) < 4.78 is 1.57. The molecule has 160 valence electrons. The quantitative estimate of drug-likeness (QED) is 0.389. The van der Waals surface area contributed by atoms with Crippen LogP contribution in [0, 0.1) is 6.92 Å². The Hall–Kier alpha value is -3.79. The molecular formula is C22H19N7O2S. The molecule has 1 aliphatic carbocycles. The minimum atomic E-state index is -0.364. The Morgan fingerprint density at radius 3 is 2.97 bits per heavy atom. The summed E-state index contributed by atoms with van der Waals surface area (Å²) >= 11 is 1.40. The van der Waals surface area contributed by atoms with Gasteiger partial charge in [-0.1, -0.05) is 0 Å². The second-order valence-corrected chi connectivity index (χ2v) is 9.25. The van der Waals surface area contributed by atoms with Crippen LogP contribution in [0.2, 0.25) is 0 Å². The number of anilines is 1. The molecule has 1 saturated carbocycles. The molecule has 32 heavy (non-hydrogen) atoms. The van der Waals surface area contributed by atoms with Crippen molar-refractivity contribution in [3.8, 4) is 11.3 Å². The highest BCUT2D eigenvalue weighted by atomic mass is 32.1. The molecule has 0 atom stereocenters. The number of hydrogen-bond acceptors (Lipinski definition) is 6. The van der Waals surface area contributed by atoms with Crippen molar-refractivity contribution in [3.63, 3.8) is 0 Å². The van der Waals surface area contributed by atoms with Crippen molar-refractivity contribution in [1.82, 2.24) is 29.7 Å². The molecule has 1 amide bonds. The number of hydrogen-bond donors (Lipinski definition) is 3. The van der Waals surface area contributed by atoms with Gasteiger partial charge in [-0.15, -0.1) is 11.3 Å². The Morgan fingerprint density at radius 2 is 2.16 bits per heavy atom.